The van der Waals surface area contributed by atoms with Gasteiger partial charge in [0.15, 0.2) is 0 Å². The number of nitrogens with zero attached hydrogens (tertiary/aromatic N) is 3. The molecule has 1 N–H and O–H groups in total. The number of piperidine rings is 1. The molecule has 0 bridgehead atoms. The fourth-order valence-corrected chi connectivity index (χ4v) is 3.51. The Kier molecular flexibility index (Phi) is 4.05. The molecule has 1 saturated heterocycles. The molecule has 1 amide bonds. The number of carbonyl (C=O) groups excluding carboxylic acids is 1. The summed E-state index contributed by atoms with van der Waals surface area (Å²) in [6.07, 6.45) is 11.1. The number of aromatic nitrogens is 2. The van der Waals surface area contributed by atoms with Gasteiger partial charge in [0.25, 0.3) is 5.91 Å². The second-order valence-corrected chi connectivity index (χ2v) is 6.17. The van der Waals surface area contributed by atoms with Crippen molar-refractivity contribution >= 4 is 5.91 Å². The van der Waals surface area contributed by atoms with Crippen molar-refractivity contribution in [3.8, 4) is 0 Å². The second kappa shape index (κ2) is 5.95. The molecule has 5 nitrogen and oxygen atoms in total. The van der Waals surface area contributed by atoms with Crippen molar-refractivity contribution in [1.29, 1.82) is 0 Å². The molecule has 1 aliphatic heterocycles. The van der Waals surface area contributed by atoms with E-state index >= 15 is 0 Å². The lowest BCUT2D eigenvalue weighted by molar-refractivity contribution is 0.0870. The van der Waals surface area contributed by atoms with E-state index < -0.39 is 0 Å². The van der Waals surface area contributed by atoms with Crippen LogP contribution in [0.2, 0.25) is 0 Å². The van der Waals surface area contributed by atoms with E-state index in [1.54, 1.807) is 17.1 Å². The Morgan fingerprint density at radius 1 is 1.30 bits per heavy atom. The zero-order valence-electron chi connectivity index (χ0n) is 12.2. The molecule has 1 saturated carbocycles. The Labute approximate surface area is 120 Å². The fraction of sp³-hybridized carbons (Fsp3) is 0.733. The van der Waals surface area contributed by atoms with Crippen LogP contribution in [0.1, 0.15) is 49.0 Å². The molecular weight excluding hydrogens is 252 g/mol. The molecule has 1 aromatic rings. The Morgan fingerprint density at radius 2 is 2.10 bits per heavy atom. The Morgan fingerprint density at radius 3 is 2.80 bits per heavy atom. The number of hydrogen-bond acceptors (Lipinski definition) is 3. The zero-order valence-corrected chi connectivity index (χ0v) is 12.2. The molecule has 3 rings (SSSR count). The molecule has 0 unspecified atom stereocenters. The normalized spacial score (nSPS) is 24.9. The number of rotatable bonds is 3. The van der Waals surface area contributed by atoms with Crippen LogP contribution in [0.5, 0.6) is 0 Å². The van der Waals surface area contributed by atoms with Crippen molar-refractivity contribution in [2.75, 3.05) is 13.1 Å². The highest BCUT2D eigenvalue weighted by molar-refractivity contribution is 5.92. The van der Waals surface area contributed by atoms with Gasteiger partial charge in [-0.15, -0.1) is 0 Å². The predicted octanol–water partition coefficient (Wildman–Crippen LogP) is 1.56. The lowest BCUT2D eigenvalue weighted by Gasteiger charge is -2.37. The van der Waals surface area contributed by atoms with Crippen LogP contribution in [-0.2, 0) is 7.05 Å². The molecule has 5 heteroatoms. The monoisotopic (exact) mass is 276 g/mol. The molecule has 2 heterocycles. The van der Waals surface area contributed by atoms with Crippen molar-refractivity contribution in [1.82, 2.24) is 19.8 Å². The largest absolute Gasteiger partial charge is 0.347 e. The molecule has 0 spiro atoms. The Bertz CT molecular complexity index is 464. The first kappa shape index (κ1) is 13.6. The maximum atomic E-state index is 12.1. The molecule has 2 fully saturated rings. The molecule has 1 aromatic heterocycles. The Balaban J connectivity index is 1.55. The minimum Gasteiger partial charge on any atom is -0.347 e. The first-order chi connectivity index (χ1) is 9.72. The van der Waals surface area contributed by atoms with E-state index in [1.165, 1.54) is 38.6 Å². The Hall–Kier alpha value is -1.36. The van der Waals surface area contributed by atoms with Crippen LogP contribution in [0, 0.1) is 0 Å². The first-order valence-electron chi connectivity index (χ1n) is 7.75. The summed E-state index contributed by atoms with van der Waals surface area (Å²) in [6.45, 7) is 2.20. The molecule has 20 heavy (non-hydrogen) atoms. The highest BCUT2D eigenvalue weighted by Gasteiger charge is 2.28. The van der Waals surface area contributed by atoms with Crippen LogP contribution in [0.25, 0.3) is 0 Å². The number of carbonyl (C=O) groups is 1. The minimum absolute atomic E-state index is 0.0381. The molecular formula is C15H24N4O. The summed E-state index contributed by atoms with van der Waals surface area (Å²) in [5, 5.41) is 3.15. The lowest BCUT2D eigenvalue weighted by atomic mass is 10.0. The maximum Gasteiger partial charge on any atom is 0.271 e. The van der Waals surface area contributed by atoms with Gasteiger partial charge in [-0.1, -0.05) is 12.8 Å². The van der Waals surface area contributed by atoms with Gasteiger partial charge in [0.1, 0.15) is 5.69 Å². The summed E-state index contributed by atoms with van der Waals surface area (Å²) in [7, 11) is 1.88. The van der Waals surface area contributed by atoms with Gasteiger partial charge in [0, 0.05) is 31.9 Å². The van der Waals surface area contributed by atoms with E-state index in [0.29, 0.717) is 5.69 Å². The van der Waals surface area contributed by atoms with Crippen molar-refractivity contribution in [2.45, 2.75) is 50.6 Å². The van der Waals surface area contributed by atoms with Crippen molar-refractivity contribution in [3.63, 3.8) is 0 Å². The zero-order chi connectivity index (χ0) is 13.9. The van der Waals surface area contributed by atoms with Crippen LogP contribution >= 0.6 is 0 Å². The van der Waals surface area contributed by atoms with E-state index in [2.05, 4.69) is 15.2 Å². The maximum absolute atomic E-state index is 12.1. The lowest BCUT2D eigenvalue weighted by Crippen LogP contribution is -2.50. The van der Waals surface area contributed by atoms with Crippen molar-refractivity contribution < 1.29 is 4.79 Å². The summed E-state index contributed by atoms with van der Waals surface area (Å²) in [5.74, 6) is -0.0381. The minimum atomic E-state index is -0.0381. The molecule has 0 aromatic carbocycles. The van der Waals surface area contributed by atoms with E-state index in [-0.39, 0.29) is 11.9 Å². The highest BCUT2D eigenvalue weighted by atomic mass is 16.2. The number of imidazole rings is 1. The second-order valence-electron chi connectivity index (χ2n) is 6.17. The van der Waals surface area contributed by atoms with Gasteiger partial charge in [0.2, 0.25) is 0 Å². The summed E-state index contributed by atoms with van der Waals surface area (Å²) >= 11 is 0. The average molecular weight is 276 g/mol. The predicted molar refractivity (Wildman–Crippen MR) is 77.5 cm³/mol. The van der Waals surface area contributed by atoms with Crippen molar-refractivity contribution in [2.24, 2.45) is 7.05 Å². The molecule has 110 valence electrons. The van der Waals surface area contributed by atoms with E-state index in [1.807, 2.05) is 7.05 Å². The summed E-state index contributed by atoms with van der Waals surface area (Å²) in [6, 6.07) is 1.03. The fourth-order valence-electron chi connectivity index (χ4n) is 3.51. The van der Waals surface area contributed by atoms with E-state index in [4.69, 9.17) is 0 Å². The van der Waals surface area contributed by atoms with Crippen LogP contribution in [0.3, 0.4) is 0 Å². The van der Waals surface area contributed by atoms with Crippen LogP contribution in [-0.4, -0.2) is 45.5 Å². The molecule has 1 atom stereocenters. The number of amides is 1. The summed E-state index contributed by atoms with van der Waals surface area (Å²) in [4.78, 5) is 18.8. The summed E-state index contributed by atoms with van der Waals surface area (Å²) in [5.41, 5.74) is 0.519. The van der Waals surface area contributed by atoms with Gasteiger partial charge in [-0.2, -0.15) is 0 Å². The van der Waals surface area contributed by atoms with Crippen LogP contribution < -0.4 is 5.32 Å². The standard InChI is InChI=1S/C15H24N4O/c1-18-10-14(16-11-18)15(20)17-12-5-4-8-19(9-12)13-6-2-3-7-13/h10-13H,2-9H2,1H3,(H,17,20)/t12-/m1/s1. The van der Waals surface area contributed by atoms with Gasteiger partial charge in [-0.05, 0) is 32.2 Å². The highest BCUT2D eigenvalue weighted by Crippen LogP contribution is 2.26. The first-order valence-corrected chi connectivity index (χ1v) is 7.75. The number of hydrogen-bond donors (Lipinski definition) is 1. The third-order valence-electron chi connectivity index (χ3n) is 4.57. The van der Waals surface area contributed by atoms with E-state index in [0.717, 1.165) is 19.0 Å². The van der Waals surface area contributed by atoms with Crippen LogP contribution in [0.15, 0.2) is 12.5 Å². The number of nitrogens with one attached hydrogen (secondary N) is 1. The third-order valence-corrected chi connectivity index (χ3v) is 4.57. The molecule has 1 aliphatic carbocycles. The smallest absolute Gasteiger partial charge is 0.271 e. The van der Waals surface area contributed by atoms with Gasteiger partial charge >= 0.3 is 0 Å². The van der Waals surface area contributed by atoms with Gasteiger partial charge < -0.3 is 9.88 Å². The summed E-state index contributed by atoms with van der Waals surface area (Å²) < 4.78 is 1.81. The topological polar surface area (TPSA) is 50.2 Å². The van der Waals surface area contributed by atoms with Crippen LogP contribution in [0.4, 0.5) is 0 Å². The molecule has 2 aliphatic rings. The van der Waals surface area contributed by atoms with Gasteiger partial charge in [-0.3, -0.25) is 9.69 Å². The number of likely N-dealkylation sites (tertiary alicyclic amines) is 1. The van der Waals surface area contributed by atoms with E-state index in [9.17, 15) is 4.79 Å². The average Bonchev–Trinajstić information content (AvgIpc) is 3.10. The number of aryl methyl sites for hydroxylation is 1. The quantitative estimate of drug-likeness (QED) is 0.911. The van der Waals surface area contributed by atoms with Gasteiger partial charge in [0.05, 0.1) is 6.33 Å². The SMILES string of the molecule is Cn1cnc(C(=O)N[C@@H]2CCCN(C3CCCC3)C2)c1. The van der Waals surface area contributed by atoms with Gasteiger partial charge in [-0.25, -0.2) is 4.98 Å². The van der Waals surface area contributed by atoms with Crippen molar-refractivity contribution in [3.05, 3.63) is 18.2 Å². The third kappa shape index (κ3) is 3.03. The molecule has 0 radical (unpaired) electrons.